The lowest BCUT2D eigenvalue weighted by atomic mass is 9.97. The van der Waals surface area contributed by atoms with Crippen molar-refractivity contribution < 1.29 is 34.7 Å². The van der Waals surface area contributed by atoms with Crippen molar-refractivity contribution in [1.29, 1.82) is 0 Å². The summed E-state index contributed by atoms with van der Waals surface area (Å²) in [5, 5.41) is 39.3. The molecule has 0 unspecified atom stereocenters. The van der Waals surface area contributed by atoms with E-state index in [1.165, 1.54) is 0 Å². The molecule has 0 spiro atoms. The summed E-state index contributed by atoms with van der Waals surface area (Å²) in [5.74, 6) is 0.375. The maximum Gasteiger partial charge on any atom is 0.229 e. The van der Waals surface area contributed by atoms with Crippen molar-refractivity contribution >= 4 is 6.29 Å². The Balaban J connectivity index is 1.92. The molecule has 1 aliphatic heterocycles. The quantitative estimate of drug-likeness (QED) is 0.537. The highest BCUT2D eigenvalue weighted by Gasteiger charge is 2.44. The predicted molar refractivity (Wildman–Crippen MR) is 96.0 cm³/mol. The van der Waals surface area contributed by atoms with E-state index in [2.05, 4.69) is 0 Å². The molecule has 27 heavy (non-hydrogen) atoms. The van der Waals surface area contributed by atoms with Crippen LogP contribution in [-0.2, 0) is 16.0 Å². The van der Waals surface area contributed by atoms with Crippen LogP contribution in [0, 0.1) is 0 Å². The first kappa shape index (κ1) is 19.5. The number of aliphatic hydroxyl groups excluding tert-OH is 4. The lowest BCUT2D eigenvalue weighted by Crippen LogP contribution is -2.60. The van der Waals surface area contributed by atoms with Gasteiger partial charge in [0.2, 0.25) is 6.29 Å². The maximum atomic E-state index is 11.0. The fraction of sp³-hybridized carbons (Fsp3) is 0.350. The van der Waals surface area contributed by atoms with Crippen molar-refractivity contribution in [1.82, 2.24) is 0 Å². The van der Waals surface area contributed by atoms with Gasteiger partial charge in [0.05, 0.1) is 6.61 Å². The summed E-state index contributed by atoms with van der Waals surface area (Å²) in [7, 11) is 0. The minimum atomic E-state index is -1.52. The van der Waals surface area contributed by atoms with Crippen LogP contribution in [0.1, 0.15) is 5.56 Å². The second kappa shape index (κ2) is 8.60. The fourth-order valence-electron chi connectivity index (χ4n) is 3.13. The molecule has 5 atom stereocenters. The summed E-state index contributed by atoms with van der Waals surface area (Å²) >= 11 is 0. The molecule has 0 radical (unpaired) electrons. The van der Waals surface area contributed by atoms with Crippen LogP contribution in [-0.4, -0.2) is 64.0 Å². The number of benzene rings is 2. The van der Waals surface area contributed by atoms with E-state index in [4.69, 9.17) is 9.47 Å². The maximum absolute atomic E-state index is 11.0. The van der Waals surface area contributed by atoms with Gasteiger partial charge in [-0.15, -0.1) is 0 Å². The van der Waals surface area contributed by atoms with Crippen LogP contribution < -0.4 is 4.74 Å². The molecule has 3 rings (SSSR count). The SMILES string of the molecule is O=CCc1ccccc1-c1ccccc1O[C@H]1O[C@H](CO)[C@@H](O)[C@H](O)[C@@H]1O. The number of para-hydroxylation sites is 1. The van der Waals surface area contributed by atoms with Crippen molar-refractivity contribution in [3.05, 3.63) is 54.1 Å². The number of aldehydes is 1. The number of rotatable bonds is 6. The largest absolute Gasteiger partial charge is 0.461 e. The summed E-state index contributed by atoms with van der Waals surface area (Å²) in [6, 6.07) is 14.4. The molecule has 0 amide bonds. The zero-order valence-electron chi connectivity index (χ0n) is 14.5. The molecule has 7 heteroatoms. The van der Waals surface area contributed by atoms with Gasteiger partial charge in [0.25, 0.3) is 0 Å². The molecule has 2 aromatic carbocycles. The monoisotopic (exact) mass is 374 g/mol. The van der Waals surface area contributed by atoms with Crippen molar-refractivity contribution in [2.75, 3.05) is 6.61 Å². The molecule has 0 saturated carbocycles. The Labute approximate surface area is 156 Å². The number of carbonyl (C=O) groups is 1. The number of aliphatic hydroxyl groups is 4. The lowest BCUT2D eigenvalue weighted by Gasteiger charge is -2.39. The molecule has 1 saturated heterocycles. The Kier molecular flexibility index (Phi) is 6.20. The van der Waals surface area contributed by atoms with Gasteiger partial charge in [0.1, 0.15) is 36.5 Å². The Morgan fingerprint density at radius 1 is 0.926 bits per heavy atom. The van der Waals surface area contributed by atoms with E-state index in [0.717, 1.165) is 17.4 Å². The molecule has 0 bridgehead atoms. The highest BCUT2D eigenvalue weighted by molar-refractivity contribution is 5.75. The molecule has 1 aliphatic rings. The molecule has 144 valence electrons. The van der Waals surface area contributed by atoms with E-state index in [1.54, 1.807) is 12.1 Å². The molecule has 1 heterocycles. The van der Waals surface area contributed by atoms with Crippen molar-refractivity contribution in [2.45, 2.75) is 37.1 Å². The molecule has 7 nitrogen and oxygen atoms in total. The minimum absolute atomic E-state index is 0.241. The van der Waals surface area contributed by atoms with E-state index in [0.29, 0.717) is 11.3 Å². The van der Waals surface area contributed by atoms with Crippen LogP contribution in [0.5, 0.6) is 5.75 Å². The number of ether oxygens (including phenoxy) is 2. The minimum Gasteiger partial charge on any atom is -0.461 e. The number of carbonyl (C=O) groups excluding carboxylic acids is 1. The first-order chi connectivity index (χ1) is 13.1. The van der Waals surface area contributed by atoms with Gasteiger partial charge in [0, 0.05) is 12.0 Å². The predicted octanol–water partition coefficient (Wildman–Crippen LogP) is 0.274. The van der Waals surface area contributed by atoms with E-state index >= 15 is 0 Å². The fourth-order valence-corrected chi connectivity index (χ4v) is 3.13. The van der Waals surface area contributed by atoms with Crippen molar-refractivity contribution in [3.8, 4) is 16.9 Å². The molecule has 0 aliphatic carbocycles. The highest BCUT2D eigenvalue weighted by Crippen LogP contribution is 2.34. The van der Waals surface area contributed by atoms with Crippen LogP contribution in [0.15, 0.2) is 48.5 Å². The van der Waals surface area contributed by atoms with Gasteiger partial charge in [0.15, 0.2) is 0 Å². The van der Waals surface area contributed by atoms with E-state index in [9.17, 15) is 25.2 Å². The number of hydrogen-bond donors (Lipinski definition) is 4. The summed E-state index contributed by atoms with van der Waals surface area (Å²) < 4.78 is 11.2. The zero-order chi connectivity index (χ0) is 19.4. The van der Waals surface area contributed by atoms with Gasteiger partial charge in [-0.25, -0.2) is 0 Å². The van der Waals surface area contributed by atoms with Gasteiger partial charge >= 0.3 is 0 Å². The number of hydrogen-bond acceptors (Lipinski definition) is 7. The Hall–Kier alpha value is -2.29. The Morgan fingerprint density at radius 3 is 2.30 bits per heavy atom. The van der Waals surface area contributed by atoms with Crippen molar-refractivity contribution in [2.24, 2.45) is 0 Å². The summed E-state index contributed by atoms with van der Waals surface area (Å²) in [4.78, 5) is 11.0. The second-order valence-electron chi connectivity index (χ2n) is 6.34. The van der Waals surface area contributed by atoms with Gasteiger partial charge in [-0.2, -0.15) is 0 Å². The average molecular weight is 374 g/mol. The Bertz CT molecular complexity index is 776. The second-order valence-corrected chi connectivity index (χ2v) is 6.34. The normalized spacial score (nSPS) is 27.9. The van der Waals surface area contributed by atoms with Gasteiger partial charge in [-0.3, -0.25) is 0 Å². The van der Waals surface area contributed by atoms with Crippen LogP contribution in [0.3, 0.4) is 0 Å². The van der Waals surface area contributed by atoms with E-state index in [-0.39, 0.29) is 6.42 Å². The van der Waals surface area contributed by atoms with Crippen LogP contribution in [0.2, 0.25) is 0 Å². The summed E-state index contributed by atoms with van der Waals surface area (Å²) in [5.41, 5.74) is 2.30. The van der Waals surface area contributed by atoms with Crippen LogP contribution in [0.4, 0.5) is 0 Å². The third kappa shape index (κ3) is 4.02. The average Bonchev–Trinajstić information content (AvgIpc) is 2.69. The highest BCUT2D eigenvalue weighted by atomic mass is 16.7. The first-order valence-corrected chi connectivity index (χ1v) is 8.65. The summed E-state index contributed by atoms with van der Waals surface area (Å²) in [6.45, 7) is -0.533. The third-order valence-corrected chi connectivity index (χ3v) is 4.59. The van der Waals surface area contributed by atoms with Crippen LogP contribution in [0.25, 0.3) is 11.1 Å². The molecular weight excluding hydrogens is 352 g/mol. The van der Waals surface area contributed by atoms with Gasteiger partial charge < -0.3 is 34.7 Å². The van der Waals surface area contributed by atoms with E-state index < -0.39 is 37.3 Å². The van der Waals surface area contributed by atoms with Crippen molar-refractivity contribution in [3.63, 3.8) is 0 Å². The van der Waals surface area contributed by atoms with E-state index in [1.807, 2.05) is 36.4 Å². The Morgan fingerprint density at radius 2 is 1.59 bits per heavy atom. The lowest BCUT2D eigenvalue weighted by molar-refractivity contribution is -0.277. The summed E-state index contributed by atoms with van der Waals surface area (Å²) in [6.07, 6.45) is -5.74. The zero-order valence-corrected chi connectivity index (χ0v) is 14.5. The standard InChI is InChI=1S/C20H22O7/c21-10-9-12-5-1-2-6-13(12)14-7-3-4-8-15(14)26-20-19(25)18(24)17(23)16(11-22)27-20/h1-8,10,16-20,22-25H,9,11H2/t16-,17-,18+,19+,20+/m1/s1. The topological polar surface area (TPSA) is 116 Å². The van der Waals surface area contributed by atoms with Crippen LogP contribution >= 0.6 is 0 Å². The first-order valence-electron chi connectivity index (χ1n) is 8.65. The smallest absolute Gasteiger partial charge is 0.229 e. The molecule has 2 aromatic rings. The molecular formula is C20H22O7. The molecule has 4 N–H and O–H groups in total. The molecule has 1 fully saturated rings. The van der Waals surface area contributed by atoms with Gasteiger partial charge in [-0.1, -0.05) is 42.5 Å². The third-order valence-electron chi connectivity index (χ3n) is 4.59. The molecule has 0 aromatic heterocycles. The van der Waals surface area contributed by atoms with Gasteiger partial charge in [-0.05, 0) is 17.2 Å².